The topological polar surface area (TPSA) is 122 Å². The first-order valence-electron chi connectivity index (χ1n) is 15.2. The summed E-state index contributed by atoms with van der Waals surface area (Å²) in [7, 11) is -3.55. The van der Waals surface area contributed by atoms with Crippen LogP contribution in [0, 0.1) is 6.92 Å². The SMILES string of the molecule is Cc1nc2c(Nc3ccc(C4CCCCO4)cc3S(C)(=O)=O)cc(Cc3cc4n(n3)CCOC4)nc2n1C1CCCCO1. The molecule has 2 saturated heterocycles. The molecule has 2 atom stereocenters. The molecule has 1 N–H and O–H groups in total. The molecule has 3 aliphatic heterocycles. The quantitative estimate of drug-likeness (QED) is 0.304. The van der Waals surface area contributed by atoms with Crippen molar-refractivity contribution in [2.45, 2.75) is 82.2 Å². The van der Waals surface area contributed by atoms with Gasteiger partial charge in [0.25, 0.3) is 0 Å². The van der Waals surface area contributed by atoms with Crippen molar-refractivity contribution in [3.8, 4) is 0 Å². The van der Waals surface area contributed by atoms with E-state index in [-0.39, 0.29) is 17.2 Å². The minimum absolute atomic E-state index is 0.0949. The van der Waals surface area contributed by atoms with Gasteiger partial charge in [-0.25, -0.2) is 18.4 Å². The van der Waals surface area contributed by atoms with Gasteiger partial charge in [-0.3, -0.25) is 9.25 Å². The third-order valence-corrected chi connectivity index (χ3v) is 9.66. The van der Waals surface area contributed by atoms with Crippen LogP contribution in [0.25, 0.3) is 11.2 Å². The number of hydrogen-bond acceptors (Lipinski definition) is 9. The monoisotopic (exact) mass is 606 g/mol. The molecule has 228 valence electrons. The summed E-state index contributed by atoms with van der Waals surface area (Å²) in [6, 6.07) is 9.58. The standard InChI is InChI=1S/C31H38N6O5S/c1-20-32-30-26(34-25-10-9-21(15-28(25)43(2,38)39)27-7-3-5-12-41-27)18-22(16-23-17-24-19-40-14-11-36(24)35-23)33-31(30)37(20)29-8-4-6-13-42-29/h9-10,15,17-18,27,29H,3-8,11-14,16,19H2,1-2H3,(H,33,34). The highest BCUT2D eigenvalue weighted by atomic mass is 32.2. The van der Waals surface area contributed by atoms with E-state index in [9.17, 15) is 8.42 Å². The Bertz CT molecular complexity index is 1730. The fourth-order valence-corrected chi connectivity index (χ4v) is 7.27. The van der Waals surface area contributed by atoms with Gasteiger partial charge in [-0.15, -0.1) is 0 Å². The Kier molecular flexibility index (Phi) is 7.70. The number of pyridine rings is 1. The molecule has 2 unspecified atom stereocenters. The number of fused-ring (bicyclic) bond motifs is 2. The second-order valence-electron chi connectivity index (χ2n) is 11.8. The first kappa shape index (κ1) is 28.5. The number of aromatic nitrogens is 5. The molecule has 12 heteroatoms. The Balaban J connectivity index is 1.31. The molecule has 1 aromatic carbocycles. The van der Waals surface area contributed by atoms with Crippen molar-refractivity contribution in [3.05, 3.63) is 58.8 Å². The number of imidazole rings is 1. The van der Waals surface area contributed by atoms with Crippen molar-refractivity contribution in [1.29, 1.82) is 0 Å². The lowest BCUT2D eigenvalue weighted by Gasteiger charge is -2.25. The van der Waals surface area contributed by atoms with Gasteiger partial charge in [0, 0.05) is 25.9 Å². The van der Waals surface area contributed by atoms with Crippen LogP contribution in [-0.4, -0.2) is 58.8 Å². The molecule has 0 spiro atoms. The van der Waals surface area contributed by atoms with E-state index in [0.29, 0.717) is 55.4 Å². The highest BCUT2D eigenvalue weighted by molar-refractivity contribution is 7.90. The second kappa shape index (κ2) is 11.6. The second-order valence-corrected chi connectivity index (χ2v) is 13.8. The molecule has 0 aliphatic carbocycles. The van der Waals surface area contributed by atoms with Crippen molar-refractivity contribution < 1.29 is 22.6 Å². The predicted octanol–water partition coefficient (Wildman–Crippen LogP) is 5.15. The number of nitrogens with zero attached hydrogens (tertiary/aromatic N) is 5. The molecule has 2 fully saturated rings. The zero-order chi connectivity index (χ0) is 29.6. The third kappa shape index (κ3) is 5.81. The first-order chi connectivity index (χ1) is 20.8. The van der Waals surface area contributed by atoms with Gasteiger partial charge < -0.3 is 19.5 Å². The summed E-state index contributed by atoms with van der Waals surface area (Å²) >= 11 is 0. The average Bonchev–Trinajstić information content (AvgIpc) is 3.57. The summed E-state index contributed by atoms with van der Waals surface area (Å²) in [5.74, 6) is 0.803. The van der Waals surface area contributed by atoms with Gasteiger partial charge in [-0.2, -0.15) is 5.10 Å². The molecule has 0 amide bonds. The molecule has 11 nitrogen and oxygen atoms in total. The highest BCUT2D eigenvalue weighted by Crippen LogP contribution is 2.36. The smallest absolute Gasteiger partial charge is 0.177 e. The van der Waals surface area contributed by atoms with Gasteiger partial charge in [0.2, 0.25) is 0 Å². The van der Waals surface area contributed by atoms with Crippen LogP contribution in [0.1, 0.15) is 79.3 Å². The number of ether oxygens (including phenoxy) is 3. The zero-order valence-electron chi connectivity index (χ0n) is 24.7. The van der Waals surface area contributed by atoms with Crippen LogP contribution < -0.4 is 5.32 Å². The lowest BCUT2D eigenvalue weighted by molar-refractivity contribution is -0.0309. The van der Waals surface area contributed by atoms with Crippen LogP contribution in [0.15, 0.2) is 35.2 Å². The zero-order valence-corrected chi connectivity index (χ0v) is 25.5. The van der Waals surface area contributed by atoms with E-state index in [1.807, 2.05) is 29.8 Å². The van der Waals surface area contributed by atoms with E-state index in [4.69, 9.17) is 29.3 Å². The lowest BCUT2D eigenvalue weighted by atomic mass is 10.0. The Hall–Kier alpha value is -3.32. The molecule has 6 heterocycles. The summed E-state index contributed by atoms with van der Waals surface area (Å²) in [6.07, 6.45) is 7.50. The van der Waals surface area contributed by atoms with Crippen molar-refractivity contribution in [2.24, 2.45) is 0 Å². The number of rotatable bonds is 7. The number of sulfone groups is 1. The molecule has 0 saturated carbocycles. The van der Waals surface area contributed by atoms with Gasteiger partial charge in [0.1, 0.15) is 17.6 Å². The molecule has 7 rings (SSSR count). The van der Waals surface area contributed by atoms with Gasteiger partial charge in [-0.05, 0) is 75.3 Å². The summed E-state index contributed by atoms with van der Waals surface area (Å²) in [5.41, 5.74) is 6.22. The van der Waals surface area contributed by atoms with Crippen LogP contribution in [0.3, 0.4) is 0 Å². The normalized spacial score (nSPS) is 21.2. The van der Waals surface area contributed by atoms with Gasteiger partial charge in [-0.1, -0.05) is 6.07 Å². The average molecular weight is 607 g/mol. The lowest BCUT2D eigenvalue weighted by Crippen LogP contribution is -2.19. The molecular formula is C31H38N6O5S. The maximum Gasteiger partial charge on any atom is 0.177 e. The maximum absolute atomic E-state index is 13.1. The van der Waals surface area contributed by atoms with Crippen LogP contribution in [0.4, 0.5) is 11.4 Å². The van der Waals surface area contributed by atoms with Gasteiger partial charge >= 0.3 is 0 Å². The number of hydrogen-bond donors (Lipinski definition) is 1. The fourth-order valence-electron chi connectivity index (χ4n) is 6.40. The first-order valence-corrected chi connectivity index (χ1v) is 17.1. The Morgan fingerprint density at radius 3 is 2.53 bits per heavy atom. The highest BCUT2D eigenvalue weighted by Gasteiger charge is 2.26. The van der Waals surface area contributed by atoms with E-state index in [0.717, 1.165) is 73.5 Å². The number of benzene rings is 1. The number of nitrogens with one attached hydrogen (secondary N) is 1. The van der Waals surface area contributed by atoms with Crippen molar-refractivity contribution >= 4 is 32.4 Å². The van der Waals surface area contributed by atoms with E-state index in [1.165, 1.54) is 6.26 Å². The minimum Gasteiger partial charge on any atom is -0.374 e. The Labute approximate surface area is 251 Å². The van der Waals surface area contributed by atoms with Crippen LogP contribution in [0.2, 0.25) is 0 Å². The largest absolute Gasteiger partial charge is 0.374 e. The molecule has 3 aliphatic rings. The molecule has 0 bridgehead atoms. The number of aryl methyl sites for hydroxylation is 1. The van der Waals surface area contributed by atoms with Crippen molar-refractivity contribution in [3.63, 3.8) is 0 Å². The van der Waals surface area contributed by atoms with E-state index < -0.39 is 9.84 Å². The fraction of sp³-hybridized carbons (Fsp3) is 0.516. The van der Waals surface area contributed by atoms with Crippen LogP contribution in [-0.2, 0) is 43.6 Å². The maximum atomic E-state index is 13.1. The van der Waals surface area contributed by atoms with Crippen LogP contribution >= 0.6 is 0 Å². The Morgan fingerprint density at radius 2 is 1.79 bits per heavy atom. The van der Waals surface area contributed by atoms with E-state index in [1.54, 1.807) is 6.07 Å². The van der Waals surface area contributed by atoms with E-state index in [2.05, 4.69) is 16.0 Å². The van der Waals surface area contributed by atoms with E-state index >= 15 is 0 Å². The molecule has 4 aromatic rings. The summed E-state index contributed by atoms with van der Waals surface area (Å²) in [6.45, 7) is 5.29. The van der Waals surface area contributed by atoms with Crippen LogP contribution in [0.5, 0.6) is 0 Å². The number of anilines is 2. The summed E-state index contributed by atoms with van der Waals surface area (Å²) < 4.78 is 47.9. The minimum atomic E-state index is -3.55. The summed E-state index contributed by atoms with van der Waals surface area (Å²) in [5, 5.41) is 8.24. The van der Waals surface area contributed by atoms with Crippen molar-refractivity contribution in [2.75, 3.05) is 31.4 Å². The molecule has 0 radical (unpaired) electrons. The molecular weight excluding hydrogens is 568 g/mol. The predicted molar refractivity (Wildman–Crippen MR) is 161 cm³/mol. The van der Waals surface area contributed by atoms with Gasteiger partial charge in [0.15, 0.2) is 15.5 Å². The summed E-state index contributed by atoms with van der Waals surface area (Å²) in [4.78, 5) is 10.2. The van der Waals surface area contributed by atoms with Crippen molar-refractivity contribution in [1.82, 2.24) is 24.3 Å². The Morgan fingerprint density at radius 1 is 0.953 bits per heavy atom. The molecule has 3 aromatic heterocycles. The molecule has 43 heavy (non-hydrogen) atoms. The third-order valence-electron chi connectivity index (χ3n) is 8.52. The van der Waals surface area contributed by atoms with Gasteiger partial charge in [0.05, 0.1) is 59.2 Å².